The van der Waals surface area contributed by atoms with Gasteiger partial charge in [-0.3, -0.25) is 4.90 Å². The Morgan fingerprint density at radius 1 is 1.17 bits per heavy atom. The molecule has 1 N–H and O–H groups in total. The average molecular weight is 342 g/mol. The van der Waals surface area contributed by atoms with Crippen LogP contribution < -0.4 is 0 Å². The van der Waals surface area contributed by atoms with Gasteiger partial charge in [-0.2, -0.15) is 4.31 Å². The largest absolute Gasteiger partial charge is 0.392 e. The highest BCUT2D eigenvalue weighted by Crippen LogP contribution is 2.26. The zero-order chi connectivity index (χ0) is 16.6. The highest BCUT2D eigenvalue weighted by Gasteiger charge is 2.34. The third-order valence-corrected chi connectivity index (χ3v) is 6.80. The number of piperidine rings is 1. The van der Waals surface area contributed by atoms with Crippen LogP contribution in [-0.2, 0) is 10.0 Å². The Morgan fingerprint density at radius 3 is 2.43 bits per heavy atom. The normalized spacial score (nSPS) is 25.1. The zero-order valence-corrected chi connectivity index (χ0v) is 14.1. The van der Waals surface area contributed by atoms with E-state index >= 15 is 0 Å². The molecule has 0 radical (unpaired) electrons. The summed E-state index contributed by atoms with van der Waals surface area (Å²) in [5.41, 5.74) is 0.340. The van der Waals surface area contributed by atoms with Gasteiger partial charge in [0.15, 0.2) is 0 Å². The molecule has 0 bridgehead atoms. The molecule has 2 heterocycles. The van der Waals surface area contributed by atoms with Gasteiger partial charge in [-0.05, 0) is 49.9 Å². The molecule has 0 aliphatic carbocycles. The van der Waals surface area contributed by atoms with Crippen LogP contribution in [0.2, 0.25) is 0 Å². The van der Waals surface area contributed by atoms with Crippen molar-refractivity contribution in [2.45, 2.75) is 43.2 Å². The number of hydrogen-bond acceptors (Lipinski definition) is 4. The number of rotatable bonds is 3. The monoisotopic (exact) mass is 342 g/mol. The van der Waals surface area contributed by atoms with Gasteiger partial charge in [0.05, 0.1) is 11.0 Å². The molecule has 5 nitrogen and oxygen atoms in total. The van der Waals surface area contributed by atoms with Crippen molar-refractivity contribution in [3.8, 4) is 0 Å². The van der Waals surface area contributed by atoms with Crippen molar-refractivity contribution in [3.05, 3.63) is 29.6 Å². The minimum absolute atomic E-state index is 0.159. The first-order valence-corrected chi connectivity index (χ1v) is 9.50. The predicted molar refractivity (Wildman–Crippen MR) is 85.1 cm³/mol. The Bertz CT molecular complexity index is 672. The Balaban J connectivity index is 1.67. The summed E-state index contributed by atoms with van der Waals surface area (Å²) in [4.78, 5) is 2.42. The number of aliphatic hydroxyl groups is 1. The third kappa shape index (κ3) is 3.42. The van der Waals surface area contributed by atoms with E-state index in [1.807, 2.05) is 0 Å². The van der Waals surface area contributed by atoms with Crippen LogP contribution >= 0.6 is 0 Å². The fourth-order valence-corrected chi connectivity index (χ4v) is 5.03. The van der Waals surface area contributed by atoms with Crippen LogP contribution in [0.3, 0.4) is 0 Å². The minimum atomic E-state index is -3.56. The maximum absolute atomic E-state index is 13.4. The summed E-state index contributed by atoms with van der Waals surface area (Å²) in [5, 5.41) is 9.63. The van der Waals surface area contributed by atoms with Crippen molar-refractivity contribution in [2.24, 2.45) is 0 Å². The maximum Gasteiger partial charge on any atom is 0.243 e. The average Bonchev–Trinajstić information content (AvgIpc) is 2.96. The molecule has 2 fully saturated rings. The van der Waals surface area contributed by atoms with Crippen LogP contribution in [-0.4, -0.2) is 61.1 Å². The van der Waals surface area contributed by atoms with Crippen LogP contribution in [0, 0.1) is 12.7 Å². The molecule has 2 saturated heterocycles. The standard InChI is InChI=1S/C16H23FN2O3S/c1-12-10-15(2-3-16(12)17)23(21,22)19-8-4-13(5-9-19)18-7-6-14(20)11-18/h2-3,10,13-14,20H,4-9,11H2,1H3/t14-/m0/s1. The molecule has 23 heavy (non-hydrogen) atoms. The molecule has 2 aliphatic heterocycles. The van der Waals surface area contributed by atoms with Crippen LogP contribution in [0.5, 0.6) is 0 Å². The summed E-state index contributed by atoms with van der Waals surface area (Å²) in [6.07, 6.45) is 2.09. The van der Waals surface area contributed by atoms with Crippen molar-refractivity contribution in [3.63, 3.8) is 0 Å². The van der Waals surface area contributed by atoms with Gasteiger partial charge in [-0.15, -0.1) is 0 Å². The van der Waals surface area contributed by atoms with Gasteiger partial charge >= 0.3 is 0 Å². The number of β-amino-alcohol motifs (C(OH)–C–C–N with tert-alkyl or cyclic N) is 1. The minimum Gasteiger partial charge on any atom is -0.392 e. The second-order valence-corrected chi connectivity index (χ2v) is 8.42. The highest BCUT2D eigenvalue weighted by atomic mass is 32.2. The van der Waals surface area contributed by atoms with Gasteiger partial charge in [-0.25, -0.2) is 12.8 Å². The van der Waals surface area contributed by atoms with E-state index in [1.165, 1.54) is 22.5 Å². The van der Waals surface area contributed by atoms with E-state index in [2.05, 4.69) is 4.90 Å². The maximum atomic E-state index is 13.4. The van der Waals surface area contributed by atoms with Crippen molar-refractivity contribution < 1.29 is 17.9 Å². The fraction of sp³-hybridized carbons (Fsp3) is 0.625. The highest BCUT2D eigenvalue weighted by molar-refractivity contribution is 7.89. The number of halogens is 1. The number of aliphatic hydroxyl groups excluding tert-OH is 1. The summed E-state index contributed by atoms with van der Waals surface area (Å²) < 4.78 is 40.2. The molecule has 2 aliphatic rings. The van der Waals surface area contributed by atoms with Gasteiger partial charge < -0.3 is 5.11 Å². The SMILES string of the molecule is Cc1cc(S(=O)(=O)N2CCC(N3CC[C@H](O)C3)CC2)ccc1F. The molecule has 1 aromatic rings. The molecule has 0 unspecified atom stereocenters. The molecule has 0 aromatic heterocycles. The second kappa shape index (κ2) is 6.47. The van der Waals surface area contributed by atoms with Crippen molar-refractivity contribution in [1.82, 2.24) is 9.21 Å². The molecule has 0 saturated carbocycles. The summed E-state index contributed by atoms with van der Waals surface area (Å²) in [6.45, 7) is 4.08. The second-order valence-electron chi connectivity index (χ2n) is 6.48. The smallest absolute Gasteiger partial charge is 0.243 e. The molecular formula is C16H23FN2O3S. The van der Waals surface area contributed by atoms with Crippen molar-refractivity contribution in [2.75, 3.05) is 26.2 Å². The quantitative estimate of drug-likeness (QED) is 0.901. The lowest BCUT2D eigenvalue weighted by Crippen LogP contribution is -2.46. The Kier molecular flexibility index (Phi) is 4.73. The lowest BCUT2D eigenvalue weighted by atomic mass is 10.1. The first kappa shape index (κ1) is 16.8. The van der Waals surface area contributed by atoms with Crippen LogP contribution in [0.1, 0.15) is 24.8 Å². The van der Waals surface area contributed by atoms with Crippen LogP contribution in [0.25, 0.3) is 0 Å². The van der Waals surface area contributed by atoms with E-state index < -0.39 is 15.8 Å². The number of likely N-dealkylation sites (tertiary alicyclic amines) is 1. The third-order valence-electron chi connectivity index (χ3n) is 4.90. The first-order valence-electron chi connectivity index (χ1n) is 8.06. The van der Waals surface area contributed by atoms with E-state index in [0.717, 1.165) is 25.8 Å². The summed E-state index contributed by atoms with van der Waals surface area (Å²) in [6, 6.07) is 4.28. The number of hydrogen-bond donors (Lipinski definition) is 1. The van der Waals surface area contributed by atoms with Crippen molar-refractivity contribution in [1.29, 1.82) is 0 Å². The molecule has 1 atom stereocenters. The molecule has 1 aromatic carbocycles. The number of benzene rings is 1. The van der Waals surface area contributed by atoms with Crippen LogP contribution in [0.15, 0.2) is 23.1 Å². The Hall–Kier alpha value is -1.02. The summed E-state index contributed by atoms with van der Waals surface area (Å²) >= 11 is 0. The summed E-state index contributed by atoms with van der Waals surface area (Å²) in [5.74, 6) is -0.393. The fourth-order valence-electron chi connectivity index (χ4n) is 3.47. The first-order chi connectivity index (χ1) is 10.9. The molecule has 7 heteroatoms. The van der Waals surface area contributed by atoms with E-state index in [1.54, 1.807) is 6.92 Å². The lowest BCUT2D eigenvalue weighted by molar-refractivity contribution is 0.132. The lowest BCUT2D eigenvalue weighted by Gasteiger charge is -2.36. The Labute approximate surface area is 136 Å². The molecule has 3 rings (SSSR count). The topological polar surface area (TPSA) is 60.9 Å². The van der Waals surface area contributed by atoms with Gasteiger partial charge in [0, 0.05) is 32.2 Å². The van der Waals surface area contributed by atoms with E-state index in [4.69, 9.17) is 0 Å². The number of sulfonamides is 1. The Morgan fingerprint density at radius 2 is 1.87 bits per heavy atom. The van der Waals surface area contributed by atoms with Gasteiger partial charge in [0.2, 0.25) is 10.0 Å². The molecule has 128 valence electrons. The molecular weight excluding hydrogens is 319 g/mol. The zero-order valence-electron chi connectivity index (χ0n) is 13.3. The molecule has 0 spiro atoms. The van der Waals surface area contributed by atoms with Crippen LogP contribution in [0.4, 0.5) is 4.39 Å². The number of aryl methyl sites for hydroxylation is 1. The number of nitrogens with zero attached hydrogens (tertiary/aromatic N) is 2. The molecule has 0 amide bonds. The van der Waals surface area contributed by atoms with Gasteiger partial charge in [-0.1, -0.05) is 0 Å². The van der Waals surface area contributed by atoms with E-state index in [-0.39, 0.29) is 11.0 Å². The predicted octanol–water partition coefficient (Wildman–Crippen LogP) is 1.35. The summed E-state index contributed by atoms with van der Waals surface area (Å²) in [7, 11) is -3.56. The van der Waals surface area contributed by atoms with Gasteiger partial charge in [0.1, 0.15) is 5.82 Å². The van der Waals surface area contributed by atoms with E-state index in [9.17, 15) is 17.9 Å². The van der Waals surface area contributed by atoms with Gasteiger partial charge in [0.25, 0.3) is 0 Å². The van der Waals surface area contributed by atoms with Crippen molar-refractivity contribution >= 4 is 10.0 Å². The van der Waals surface area contributed by atoms with E-state index in [0.29, 0.717) is 31.2 Å².